The van der Waals surface area contributed by atoms with Gasteiger partial charge in [-0.25, -0.2) is 0 Å². The van der Waals surface area contributed by atoms with E-state index in [0.29, 0.717) is 12.6 Å². The third-order valence-electron chi connectivity index (χ3n) is 3.77. The molecule has 5 nitrogen and oxygen atoms in total. The van der Waals surface area contributed by atoms with Gasteiger partial charge in [-0.05, 0) is 33.2 Å². The summed E-state index contributed by atoms with van der Waals surface area (Å²) in [6.45, 7) is 5.64. The highest BCUT2D eigenvalue weighted by molar-refractivity contribution is 5.94. The first-order valence-corrected chi connectivity index (χ1v) is 7.31. The average Bonchev–Trinajstić information content (AvgIpc) is 2.45. The number of hydrogen-bond acceptors (Lipinski definition) is 3. The van der Waals surface area contributed by atoms with Crippen LogP contribution >= 0.6 is 0 Å². The number of piperidine rings is 1. The van der Waals surface area contributed by atoms with E-state index in [9.17, 15) is 9.59 Å². The monoisotopic (exact) mass is 277 g/mol. The molecule has 0 aliphatic carbocycles. The molecule has 1 aliphatic heterocycles. The summed E-state index contributed by atoms with van der Waals surface area (Å²) in [5, 5.41) is 3.45. The van der Waals surface area contributed by atoms with Gasteiger partial charge in [-0.3, -0.25) is 9.59 Å². The SMILES string of the molecule is CC(C)N(CC1CCCCN1)C(=O)c1c[nH]ccc1=O. The minimum absolute atomic E-state index is 0.0748. The molecule has 1 aromatic rings. The molecule has 5 heteroatoms. The molecule has 1 amide bonds. The zero-order valence-electron chi connectivity index (χ0n) is 12.2. The van der Waals surface area contributed by atoms with Gasteiger partial charge in [-0.2, -0.15) is 0 Å². The standard InChI is InChI=1S/C15H23N3O2/c1-11(2)18(10-12-5-3-4-7-17-12)15(20)13-9-16-8-6-14(13)19/h6,8-9,11-12,17H,3-5,7,10H2,1-2H3,(H,16,19). The van der Waals surface area contributed by atoms with Gasteiger partial charge in [-0.15, -0.1) is 0 Å². The third kappa shape index (κ3) is 3.48. The number of hydrogen-bond donors (Lipinski definition) is 2. The van der Waals surface area contributed by atoms with E-state index in [1.807, 2.05) is 13.8 Å². The minimum Gasteiger partial charge on any atom is -0.367 e. The molecule has 110 valence electrons. The molecule has 1 aromatic heterocycles. The predicted octanol–water partition coefficient (Wildman–Crippen LogP) is 1.37. The second kappa shape index (κ2) is 6.70. The molecular formula is C15H23N3O2. The zero-order chi connectivity index (χ0) is 14.5. The predicted molar refractivity (Wildman–Crippen MR) is 78.9 cm³/mol. The Hall–Kier alpha value is -1.62. The van der Waals surface area contributed by atoms with E-state index in [4.69, 9.17) is 0 Å². The van der Waals surface area contributed by atoms with Gasteiger partial charge >= 0.3 is 0 Å². The number of aromatic nitrogens is 1. The van der Waals surface area contributed by atoms with Crippen molar-refractivity contribution in [2.24, 2.45) is 0 Å². The van der Waals surface area contributed by atoms with Crippen LogP contribution in [0.5, 0.6) is 0 Å². The highest BCUT2D eigenvalue weighted by Crippen LogP contribution is 2.12. The minimum atomic E-state index is -0.226. The number of carbonyl (C=O) groups excluding carboxylic acids is 1. The van der Waals surface area contributed by atoms with Crippen LogP contribution in [0.25, 0.3) is 0 Å². The molecule has 0 bridgehead atoms. The van der Waals surface area contributed by atoms with Gasteiger partial charge in [0.1, 0.15) is 5.56 Å². The summed E-state index contributed by atoms with van der Waals surface area (Å²) in [6.07, 6.45) is 6.52. The van der Waals surface area contributed by atoms with E-state index >= 15 is 0 Å². The van der Waals surface area contributed by atoms with Gasteiger partial charge < -0.3 is 15.2 Å². The van der Waals surface area contributed by atoms with Gasteiger partial charge in [0, 0.05) is 37.1 Å². The number of H-pyrrole nitrogens is 1. The van der Waals surface area contributed by atoms with Crippen molar-refractivity contribution >= 4 is 5.91 Å². The number of pyridine rings is 1. The number of aromatic amines is 1. The summed E-state index contributed by atoms with van der Waals surface area (Å²) < 4.78 is 0. The molecule has 20 heavy (non-hydrogen) atoms. The van der Waals surface area contributed by atoms with Crippen LogP contribution in [-0.4, -0.2) is 41.0 Å². The second-order valence-electron chi connectivity index (χ2n) is 5.62. The van der Waals surface area contributed by atoms with Crippen molar-refractivity contribution in [2.75, 3.05) is 13.1 Å². The Balaban J connectivity index is 2.13. The maximum atomic E-state index is 12.6. The first-order valence-electron chi connectivity index (χ1n) is 7.31. The Kier molecular flexibility index (Phi) is 4.95. The van der Waals surface area contributed by atoms with Crippen LogP contribution in [0.1, 0.15) is 43.5 Å². The van der Waals surface area contributed by atoms with E-state index in [0.717, 1.165) is 13.0 Å². The summed E-state index contributed by atoms with van der Waals surface area (Å²) in [5.41, 5.74) is -0.00647. The van der Waals surface area contributed by atoms with Gasteiger partial charge in [0.2, 0.25) is 0 Å². The molecule has 2 N–H and O–H groups in total. The van der Waals surface area contributed by atoms with Crippen LogP contribution in [0.15, 0.2) is 23.3 Å². The van der Waals surface area contributed by atoms with E-state index in [1.165, 1.54) is 25.1 Å². The summed E-state index contributed by atoms with van der Waals surface area (Å²) >= 11 is 0. The summed E-state index contributed by atoms with van der Waals surface area (Å²) in [7, 11) is 0. The smallest absolute Gasteiger partial charge is 0.259 e. The number of rotatable bonds is 4. The Bertz CT molecular complexity index is 504. The van der Waals surface area contributed by atoms with Crippen LogP contribution in [0.3, 0.4) is 0 Å². The van der Waals surface area contributed by atoms with Crippen LogP contribution in [0, 0.1) is 0 Å². The van der Waals surface area contributed by atoms with Crippen LogP contribution < -0.4 is 10.7 Å². The lowest BCUT2D eigenvalue weighted by Crippen LogP contribution is -2.49. The fraction of sp³-hybridized carbons (Fsp3) is 0.600. The molecule has 2 rings (SSSR count). The van der Waals surface area contributed by atoms with Gasteiger partial charge in [0.05, 0.1) is 0 Å². The third-order valence-corrected chi connectivity index (χ3v) is 3.77. The van der Waals surface area contributed by atoms with Crippen LogP contribution in [0.4, 0.5) is 0 Å². The molecule has 1 aliphatic rings. The van der Waals surface area contributed by atoms with Crippen molar-refractivity contribution < 1.29 is 4.79 Å². The normalized spacial score (nSPS) is 19.1. The van der Waals surface area contributed by atoms with Gasteiger partial charge in [-0.1, -0.05) is 6.42 Å². The average molecular weight is 277 g/mol. The van der Waals surface area contributed by atoms with Crippen molar-refractivity contribution in [1.82, 2.24) is 15.2 Å². The van der Waals surface area contributed by atoms with Crippen LogP contribution in [0.2, 0.25) is 0 Å². The van der Waals surface area contributed by atoms with Gasteiger partial charge in [0.25, 0.3) is 5.91 Å². The molecule has 0 aromatic carbocycles. The van der Waals surface area contributed by atoms with E-state index < -0.39 is 0 Å². The Morgan fingerprint density at radius 1 is 1.45 bits per heavy atom. The molecule has 0 saturated carbocycles. The largest absolute Gasteiger partial charge is 0.367 e. The molecular weight excluding hydrogens is 254 g/mol. The van der Waals surface area contributed by atoms with Crippen molar-refractivity contribution in [2.45, 2.75) is 45.2 Å². The molecule has 1 atom stereocenters. The number of nitrogens with one attached hydrogen (secondary N) is 2. The first kappa shape index (κ1) is 14.8. The Morgan fingerprint density at radius 2 is 2.25 bits per heavy atom. The molecule has 1 fully saturated rings. The molecule has 2 heterocycles. The molecule has 0 radical (unpaired) electrons. The summed E-state index contributed by atoms with van der Waals surface area (Å²) in [6, 6.07) is 1.80. The number of amides is 1. The summed E-state index contributed by atoms with van der Waals surface area (Å²) in [5.74, 6) is -0.186. The van der Waals surface area contributed by atoms with Crippen molar-refractivity contribution in [3.63, 3.8) is 0 Å². The van der Waals surface area contributed by atoms with Crippen molar-refractivity contribution in [3.05, 3.63) is 34.2 Å². The Labute approximate surface area is 119 Å². The lowest BCUT2D eigenvalue weighted by atomic mass is 10.0. The molecule has 1 saturated heterocycles. The maximum absolute atomic E-state index is 12.6. The lowest BCUT2D eigenvalue weighted by molar-refractivity contribution is 0.0675. The van der Waals surface area contributed by atoms with Crippen molar-refractivity contribution in [1.29, 1.82) is 0 Å². The van der Waals surface area contributed by atoms with Crippen molar-refractivity contribution in [3.8, 4) is 0 Å². The topological polar surface area (TPSA) is 65.2 Å². The fourth-order valence-corrected chi connectivity index (χ4v) is 2.58. The lowest BCUT2D eigenvalue weighted by Gasteiger charge is -2.33. The molecule has 1 unspecified atom stereocenters. The quantitative estimate of drug-likeness (QED) is 0.873. The van der Waals surface area contributed by atoms with Crippen LogP contribution in [-0.2, 0) is 0 Å². The van der Waals surface area contributed by atoms with E-state index in [-0.39, 0.29) is 22.9 Å². The second-order valence-corrected chi connectivity index (χ2v) is 5.62. The Morgan fingerprint density at radius 3 is 2.85 bits per heavy atom. The zero-order valence-corrected chi connectivity index (χ0v) is 12.2. The number of carbonyl (C=O) groups is 1. The first-order chi connectivity index (χ1) is 9.59. The van der Waals surface area contributed by atoms with E-state index in [1.54, 1.807) is 11.1 Å². The fourth-order valence-electron chi connectivity index (χ4n) is 2.58. The van der Waals surface area contributed by atoms with E-state index in [2.05, 4.69) is 10.3 Å². The highest BCUT2D eigenvalue weighted by Gasteiger charge is 2.24. The maximum Gasteiger partial charge on any atom is 0.259 e. The molecule has 0 spiro atoms. The highest BCUT2D eigenvalue weighted by atomic mass is 16.2. The van der Waals surface area contributed by atoms with Gasteiger partial charge in [0.15, 0.2) is 5.43 Å². The summed E-state index contributed by atoms with van der Waals surface area (Å²) in [4.78, 5) is 29.0. The number of nitrogens with zero attached hydrogens (tertiary/aromatic N) is 1.